The van der Waals surface area contributed by atoms with Gasteiger partial charge in [0.15, 0.2) is 0 Å². The van der Waals surface area contributed by atoms with Gasteiger partial charge in [0.2, 0.25) is 0 Å². The monoisotopic (exact) mass is 210 g/mol. The van der Waals surface area contributed by atoms with Gasteiger partial charge in [-0.2, -0.15) is 0 Å². The summed E-state index contributed by atoms with van der Waals surface area (Å²) in [7, 11) is 1.93. The molecule has 0 atom stereocenters. The summed E-state index contributed by atoms with van der Waals surface area (Å²) in [6.07, 6.45) is 5.06. The van der Waals surface area contributed by atoms with Crippen LogP contribution in [0.5, 0.6) is 0 Å². The van der Waals surface area contributed by atoms with Gasteiger partial charge in [0, 0.05) is 10.7 Å². The summed E-state index contributed by atoms with van der Waals surface area (Å²) in [5.74, 6) is 0. The number of rotatable bonds is 4. The Kier molecular flexibility index (Phi) is 4.50. The van der Waals surface area contributed by atoms with E-state index in [2.05, 4.69) is 11.4 Å². The lowest BCUT2D eigenvalue weighted by Crippen LogP contribution is -2.05. The SMILES string of the molecule is CNCCC=Cc1cc(N)ccc1Cl. The van der Waals surface area contributed by atoms with Crippen LogP contribution in [0.25, 0.3) is 6.08 Å². The quantitative estimate of drug-likeness (QED) is 0.592. The van der Waals surface area contributed by atoms with Crippen molar-refractivity contribution in [2.75, 3.05) is 19.3 Å². The molecule has 0 heterocycles. The lowest BCUT2D eigenvalue weighted by Gasteiger charge is -1.99. The molecule has 1 aromatic carbocycles. The molecular weight excluding hydrogens is 196 g/mol. The minimum atomic E-state index is 0.736. The van der Waals surface area contributed by atoms with Crippen LogP contribution in [0.15, 0.2) is 24.3 Å². The number of benzene rings is 1. The van der Waals surface area contributed by atoms with E-state index in [-0.39, 0.29) is 0 Å². The summed E-state index contributed by atoms with van der Waals surface area (Å²) in [5.41, 5.74) is 7.37. The summed E-state index contributed by atoms with van der Waals surface area (Å²) in [4.78, 5) is 0. The van der Waals surface area contributed by atoms with Gasteiger partial charge in [0.1, 0.15) is 0 Å². The number of anilines is 1. The highest BCUT2D eigenvalue weighted by molar-refractivity contribution is 6.32. The van der Waals surface area contributed by atoms with Crippen LogP contribution in [0, 0.1) is 0 Å². The summed E-state index contributed by atoms with van der Waals surface area (Å²) < 4.78 is 0. The van der Waals surface area contributed by atoms with Crippen molar-refractivity contribution in [3.8, 4) is 0 Å². The molecule has 3 N–H and O–H groups in total. The van der Waals surface area contributed by atoms with Gasteiger partial charge < -0.3 is 11.1 Å². The first-order valence-corrected chi connectivity index (χ1v) is 4.98. The van der Waals surface area contributed by atoms with E-state index in [0.29, 0.717) is 0 Å². The summed E-state index contributed by atoms with van der Waals surface area (Å²) in [6, 6.07) is 5.49. The van der Waals surface area contributed by atoms with E-state index in [4.69, 9.17) is 17.3 Å². The molecule has 0 aliphatic rings. The zero-order valence-electron chi connectivity index (χ0n) is 8.26. The molecule has 2 nitrogen and oxygen atoms in total. The van der Waals surface area contributed by atoms with Crippen LogP contribution >= 0.6 is 11.6 Å². The van der Waals surface area contributed by atoms with Crippen LogP contribution < -0.4 is 11.1 Å². The smallest absolute Gasteiger partial charge is 0.0479 e. The molecule has 0 saturated carbocycles. The average molecular weight is 211 g/mol. The summed E-state index contributed by atoms with van der Waals surface area (Å²) in [5, 5.41) is 3.81. The number of halogens is 1. The van der Waals surface area contributed by atoms with E-state index in [1.165, 1.54) is 0 Å². The fourth-order valence-corrected chi connectivity index (χ4v) is 1.31. The molecule has 1 aromatic rings. The second-order valence-corrected chi connectivity index (χ2v) is 3.48. The Labute approximate surface area is 89.8 Å². The molecule has 0 amide bonds. The molecular formula is C11H15ClN2. The lowest BCUT2D eigenvalue weighted by molar-refractivity contribution is 0.809. The molecule has 0 saturated heterocycles. The number of nitrogens with one attached hydrogen (secondary N) is 1. The fraction of sp³-hybridized carbons (Fsp3) is 0.273. The molecule has 0 unspecified atom stereocenters. The van der Waals surface area contributed by atoms with Gasteiger partial charge in [-0.05, 0) is 43.8 Å². The Hall–Kier alpha value is -0.990. The first kappa shape index (κ1) is 11.1. The predicted molar refractivity (Wildman–Crippen MR) is 63.4 cm³/mol. The van der Waals surface area contributed by atoms with Gasteiger partial charge in [-0.25, -0.2) is 0 Å². The highest BCUT2D eigenvalue weighted by Crippen LogP contribution is 2.20. The van der Waals surface area contributed by atoms with Crippen LogP contribution in [0.3, 0.4) is 0 Å². The fourth-order valence-electron chi connectivity index (χ4n) is 1.13. The molecule has 0 radical (unpaired) electrons. The Balaban J connectivity index is 2.65. The van der Waals surface area contributed by atoms with Crippen molar-refractivity contribution in [2.45, 2.75) is 6.42 Å². The minimum Gasteiger partial charge on any atom is -0.399 e. The Morgan fingerprint density at radius 1 is 1.50 bits per heavy atom. The van der Waals surface area contributed by atoms with Crippen LogP contribution in [-0.2, 0) is 0 Å². The summed E-state index contributed by atoms with van der Waals surface area (Å²) in [6.45, 7) is 0.969. The highest BCUT2D eigenvalue weighted by Gasteiger charge is 1.95. The minimum absolute atomic E-state index is 0.736. The van der Waals surface area contributed by atoms with Gasteiger partial charge >= 0.3 is 0 Å². The first-order chi connectivity index (χ1) is 6.74. The third-order valence-corrected chi connectivity index (χ3v) is 2.22. The topological polar surface area (TPSA) is 38.0 Å². The second-order valence-electron chi connectivity index (χ2n) is 3.08. The number of hydrogen-bond donors (Lipinski definition) is 2. The van der Waals surface area contributed by atoms with Crippen LogP contribution in [0.4, 0.5) is 5.69 Å². The maximum atomic E-state index is 5.99. The Morgan fingerprint density at radius 2 is 2.29 bits per heavy atom. The van der Waals surface area contributed by atoms with E-state index in [0.717, 1.165) is 29.2 Å². The molecule has 3 heteroatoms. The van der Waals surface area contributed by atoms with Crippen molar-refractivity contribution >= 4 is 23.4 Å². The van der Waals surface area contributed by atoms with Crippen molar-refractivity contribution < 1.29 is 0 Å². The standard InChI is InChI=1S/C11H15ClN2/c1-14-7-3-2-4-9-8-10(13)5-6-11(9)12/h2,4-6,8,14H,3,7,13H2,1H3. The summed E-state index contributed by atoms with van der Waals surface area (Å²) >= 11 is 5.99. The maximum absolute atomic E-state index is 5.99. The van der Waals surface area contributed by atoms with E-state index >= 15 is 0 Å². The maximum Gasteiger partial charge on any atom is 0.0479 e. The van der Waals surface area contributed by atoms with Crippen molar-refractivity contribution in [1.29, 1.82) is 0 Å². The number of hydrogen-bond acceptors (Lipinski definition) is 2. The third-order valence-electron chi connectivity index (χ3n) is 1.88. The van der Waals surface area contributed by atoms with Crippen LogP contribution in [-0.4, -0.2) is 13.6 Å². The van der Waals surface area contributed by atoms with Gasteiger partial charge in [-0.1, -0.05) is 23.8 Å². The highest BCUT2D eigenvalue weighted by atomic mass is 35.5. The second kappa shape index (κ2) is 5.68. The predicted octanol–water partition coefficient (Wildman–Crippen LogP) is 2.54. The zero-order valence-corrected chi connectivity index (χ0v) is 9.01. The molecule has 0 aliphatic carbocycles. The molecule has 0 fully saturated rings. The van der Waals surface area contributed by atoms with Gasteiger partial charge in [-0.15, -0.1) is 0 Å². The Morgan fingerprint density at radius 3 is 3.00 bits per heavy atom. The van der Waals surface area contributed by atoms with Crippen molar-refractivity contribution in [1.82, 2.24) is 5.32 Å². The zero-order chi connectivity index (χ0) is 10.4. The van der Waals surface area contributed by atoms with Crippen molar-refractivity contribution in [3.05, 3.63) is 34.9 Å². The average Bonchev–Trinajstić information content (AvgIpc) is 2.18. The first-order valence-electron chi connectivity index (χ1n) is 4.60. The van der Waals surface area contributed by atoms with Crippen molar-refractivity contribution in [3.63, 3.8) is 0 Å². The molecule has 14 heavy (non-hydrogen) atoms. The molecule has 0 bridgehead atoms. The molecule has 0 aliphatic heterocycles. The van der Waals surface area contributed by atoms with Crippen molar-refractivity contribution in [2.24, 2.45) is 0 Å². The van der Waals surface area contributed by atoms with Gasteiger partial charge in [-0.3, -0.25) is 0 Å². The third kappa shape index (κ3) is 3.40. The van der Waals surface area contributed by atoms with Gasteiger partial charge in [0.25, 0.3) is 0 Å². The molecule has 0 spiro atoms. The van der Waals surface area contributed by atoms with E-state index in [9.17, 15) is 0 Å². The Bertz CT molecular complexity index is 321. The molecule has 0 aromatic heterocycles. The van der Waals surface area contributed by atoms with Gasteiger partial charge in [0.05, 0.1) is 0 Å². The van der Waals surface area contributed by atoms with E-state index < -0.39 is 0 Å². The van der Waals surface area contributed by atoms with E-state index in [1.54, 1.807) is 6.07 Å². The number of nitrogen functional groups attached to an aromatic ring is 1. The normalized spacial score (nSPS) is 11.0. The lowest BCUT2D eigenvalue weighted by atomic mass is 10.2. The number of nitrogens with two attached hydrogens (primary N) is 1. The van der Waals surface area contributed by atoms with E-state index in [1.807, 2.05) is 25.3 Å². The molecule has 76 valence electrons. The van der Waals surface area contributed by atoms with Crippen LogP contribution in [0.1, 0.15) is 12.0 Å². The van der Waals surface area contributed by atoms with Crippen LogP contribution in [0.2, 0.25) is 5.02 Å². The largest absolute Gasteiger partial charge is 0.399 e. The molecule has 1 rings (SSSR count).